The lowest BCUT2D eigenvalue weighted by atomic mass is 10.0. The lowest BCUT2D eigenvalue weighted by Crippen LogP contribution is -2.37. The van der Waals surface area contributed by atoms with Gasteiger partial charge in [-0.05, 0) is 88.4 Å². The Labute approximate surface area is 234 Å². The van der Waals surface area contributed by atoms with E-state index < -0.39 is 10.1 Å². The van der Waals surface area contributed by atoms with Crippen molar-refractivity contribution in [1.82, 2.24) is 9.80 Å². The highest BCUT2D eigenvalue weighted by Crippen LogP contribution is 2.30. The second-order valence-electron chi connectivity index (χ2n) is 10.2. The smallest absolute Gasteiger partial charge is 0.339 e. The maximum absolute atomic E-state index is 12.8. The van der Waals surface area contributed by atoms with Crippen LogP contribution in [0.15, 0.2) is 47.4 Å². The van der Waals surface area contributed by atoms with Crippen LogP contribution in [0, 0.1) is 0 Å². The molecule has 1 heterocycles. The van der Waals surface area contributed by atoms with Crippen LogP contribution in [0.2, 0.25) is 0 Å². The number of unbranched alkanes of at least 4 members (excludes halogenated alkanes) is 1. The normalized spacial score (nSPS) is 15.2. The highest BCUT2D eigenvalue weighted by Gasteiger charge is 2.20. The molecule has 1 amide bonds. The molecule has 0 saturated carbocycles. The van der Waals surface area contributed by atoms with Gasteiger partial charge in [0.25, 0.3) is 0 Å². The minimum Gasteiger partial charge on any atom is -0.493 e. The van der Waals surface area contributed by atoms with Gasteiger partial charge in [-0.1, -0.05) is 25.5 Å². The number of carbonyl (C=O) groups excluding carboxylic acids is 1. The van der Waals surface area contributed by atoms with E-state index in [4.69, 9.17) is 13.7 Å². The van der Waals surface area contributed by atoms with Gasteiger partial charge in [-0.3, -0.25) is 4.79 Å². The van der Waals surface area contributed by atoms with E-state index in [0.717, 1.165) is 76.7 Å². The van der Waals surface area contributed by atoms with Crippen molar-refractivity contribution in [2.75, 3.05) is 40.4 Å². The van der Waals surface area contributed by atoms with Gasteiger partial charge in [0.15, 0.2) is 11.5 Å². The SMILES string of the molecule is CCCN(CCCCN1CCCCCC1=O)C(C)Cc1ccc(OS(=O)(=O)c2ccc(OC)c(OC)c2)cc1. The monoisotopic (exact) mass is 560 g/mol. The molecule has 0 spiro atoms. The van der Waals surface area contributed by atoms with Gasteiger partial charge in [-0.25, -0.2) is 0 Å². The molecule has 1 atom stereocenters. The van der Waals surface area contributed by atoms with Crippen molar-refractivity contribution in [3.05, 3.63) is 48.0 Å². The summed E-state index contributed by atoms with van der Waals surface area (Å²) in [6.45, 7) is 8.22. The summed E-state index contributed by atoms with van der Waals surface area (Å²) in [6.07, 6.45) is 8.03. The number of nitrogens with zero attached hydrogens (tertiary/aromatic N) is 2. The minimum atomic E-state index is -4.02. The number of amides is 1. The number of rotatable bonds is 15. The van der Waals surface area contributed by atoms with Gasteiger partial charge in [0, 0.05) is 31.6 Å². The highest BCUT2D eigenvalue weighted by molar-refractivity contribution is 7.87. The molecule has 1 aliphatic rings. The van der Waals surface area contributed by atoms with Gasteiger partial charge in [0.2, 0.25) is 5.91 Å². The number of likely N-dealkylation sites (tertiary alicyclic amines) is 1. The van der Waals surface area contributed by atoms with Crippen LogP contribution in [0.3, 0.4) is 0 Å². The minimum absolute atomic E-state index is 0.00624. The zero-order valence-corrected chi connectivity index (χ0v) is 24.7. The summed E-state index contributed by atoms with van der Waals surface area (Å²) in [5.41, 5.74) is 1.12. The molecule has 8 nitrogen and oxygen atoms in total. The van der Waals surface area contributed by atoms with Gasteiger partial charge >= 0.3 is 10.1 Å². The third-order valence-electron chi connectivity index (χ3n) is 7.23. The first-order valence-corrected chi connectivity index (χ1v) is 15.5. The summed E-state index contributed by atoms with van der Waals surface area (Å²) in [5, 5.41) is 0. The molecule has 0 N–H and O–H groups in total. The third-order valence-corrected chi connectivity index (χ3v) is 8.48. The maximum Gasteiger partial charge on any atom is 0.339 e. The fraction of sp³-hybridized carbons (Fsp3) is 0.567. The lowest BCUT2D eigenvalue weighted by molar-refractivity contribution is -0.130. The molecule has 9 heteroatoms. The topological polar surface area (TPSA) is 85.4 Å². The van der Waals surface area contributed by atoms with Crippen molar-refractivity contribution in [3.8, 4) is 17.2 Å². The highest BCUT2D eigenvalue weighted by atomic mass is 32.2. The summed E-state index contributed by atoms with van der Waals surface area (Å²) in [5.74, 6) is 1.34. The molecule has 1 saturated heterocycles. The zero-order valence-electron chi connectivity index (χ0n) is 23.9. The number of benzene rings is 2. The molecular formula is C30H44N2O6S. The van der Waals surface area contributed by atoms with Gasteiger partial charge in [-0.2, -0.15) is 8.42 Å². The third kappa shape index (κ3) is 9.14. The number of carbonyl (C=O) groups is 1. The summed E-state index contributed by atoms with van der Waals surface area (Å²) < 4.78 is 41.4. The molecule has 1 fully saturated rings. The second kappa shape index (κ2) is 15.1. The van der Waals surface area contributed by atoms with E-state index >= 15 is 0 Å². The van der Waals surface area contributed by atoms with E-state index in [1.165, 1.54) is 32.4 Å². The molecule has 0 bridgehead atoms. The van der Waals surface area contributed by atoms with Crippen LogP contribution in [-0.2, 0) is 21.3 Å². The number of hydrogen-bond donors (Lipinski definition) is 0. The Morgan fingerprint density at radius 2 is 1.69 bits per heavy atom. The van der Waals surface area contributed by atoms with Crippen molar-refractivity contribution in [2.24, 2.45) is 0 Å². The quantitative estimate of drug-likeness (QED) is 0.216. The van der Waals surface area contributed by atoms with E-state index in [-0.39, 0.29) is 10.6 Å². The molecule has 0 aromatic heterocycles. The van der Waals surface area contributed by atoms with Crippen molar-refractivity contribution in [1.29, 1.82) is 0 Å². The van der Waals surface area contributed by atoms with Gasteiger partial charge in [0.05, 0.1) is 14.2 Å². The average Bonchev–Trinajstić information content (AvgIpc) is 3.14. The molecule has 216 valence electrons. The Hall–Kier alpha value is -2.78. The number of methoxy groups -OCH3 is 2. The summed E-state index contributed by atoms with van der Waals surface area (Å²) >= 11 is 0. The predicted octanol–water partition coefficient (Wildman–Crippen LogP) is 5.30. The molecule has 0 aliphatic carbocycles. The predicted molar refractivity (Wildman–Crippen MR) is 153 cm³/mol. The Kier molecular flexibility index (Phi) is 11.9. The average molecular weight is 561 g/mol. The first-order valence-electron chi connectivity index (χ1n) is 14.0. The van der Waals surface area contributed by atoms with Crippen molar-refractivity contribution in [3.63, 3.8) is 0 Å². The Morgan fingerprint density at radius 1 is 0.949 bits per heavy atom. The van der Waals surface area contributed by atoms with Gasteiger partial charge in [0.1, 0.15) is 10.6 Å². The van der Waals surface area contributed by atoms with Crippen molar-refractivity contribution < 1.29 is 26.9 Å². The lowest BCUT2D eigenvalue weighted by Gasteiger charge is -2.29. The Balaban J connectivity index is 1.53. The Bertz CT molecular complexity index is 1150. The maximum atomic E-state index is 12.8. The van der Waals surface area contributed by atoms with E-state index in [1.54, 1.807) is 12.1 Å². The van der Waals surface area contributed by atoms with Crippen molar-refractivity contribution >= 4 is 16.0 Å². The van der Waals surface area contributed by atoms with Crippen LogP contribution in [0.5, 0.6) is 17.2 Å². The largest absolute Gasteiger partial charge is 0.493 e. The van der Waals surface area contributed by atoms with E-state index in [1.807, 2.05) is 12.1 Å². The summed E-state index contributed by atoms with van der Waals surface area (Å²) in [4.78, 5) is 16.8. The molecule has 39 heavy (non-hydrogen) atoms. The first-order chi connectivity index (χ1) is 18.8. The molecule has 3 rings (SSSR count). The Morgan fingerprint density at radius 3 is 2.38 bits per heavy atom. The van der Waals surface area contributed by atoms with Crippen LogP contribution in [-0.4, -0.2) is 70.6 Å². The number of ether oxygens (including phenoxy) is 2. The fourth-order valence-corrected chi connectivity index (χ4v) is 5.98. The van der Waals surface area contributed by atoms with Crippen LogP contribution < -0.4 is 13.7 Å². The zero-order chi connectivity index (χ0) is 28.3. The van der Waals surface area contributed by atoms with Crippen LogP contribution in [0.4, 0.5) is 0 Å². The van der Waals surface area contributed by atoms with Gasteiger partial charge in [-0.15, -0.1) is 0 Å². The standard InChI is InChI=1S/C30H44N2O6S/c1-5-18-31(19-9-10-21-32-20-8-6-7-11-30(32)33)24(2)22-25-12-14-26(15-13-25)38-39(34,35)27-16-17-28(36-3)29(23-27)37-4/h12-17,23-24H,5-11,18-22H2,1-4H3. The van der Waals surface area contributed by atoms with Crippen molar-refractivity contribution in [2.45, 2.75) is 76.2 Å². The molecule has 1 aliphatic heterocycles. The molecule has 1 unspecified atom stereocenters. The second-order valence-corrected chi connectivity index (χ2v) is 11.7. The molecular weight excluding hydrogens is 516 g/mol. The van der Waals surface area contributed by atoms with Crippen LogP contribution in [0.25, 0.3) is 0 Å². The molecule has 2 aromatic rings. The first kappa shape index (κ1) is 30.8. The van der Waals surface area contributed by atoms with E-state index in [9.17, 15) is 13.2 Å². The molecule has 0 radical (unpaired) electrons. The number of hydrogen-bond acceptors (Lipinski definition) is 7. The van der Waals surface area contributed by atoms with Crippen LogP contribution in [0.1, 0.15) is 64.4 Å². The van der Waals surface area contributed by atoms with E-state index in [0.29, 0.717) is 29.9 Å². The fourth-order valence-electron chi connectivity index (χ4n) is 5.03. The summed E-state index contributed by atoms with van der Waals surface area (Å²) in [6, 6.07) is 11.9. The van der Waals surface area contributed by atoms with Gasteiger partial charge < -0.3 is 23.5 Å². The van der Waals surface area contributed by atoms with Crippen LogP contribution >= 0.6 is 0 Å². The van der Waals surface area contributed by atoms with E-state index in [2.05, 4.69) is 23.6 Å². The summed E-state index contributed by atoms with van der Waals surface area (Å²) in [7, 11) is -1.08. The molecule has 2 aromatic carbocycles.